The Hall–Kier alpha value is -1.06. The summed E-state index contributed by atoms with van der Waals surface area (Å²) < 4.78 is 5.65. The van der Waals surface area contributed by atoms with Crippen LogP contribution >= 0.6 is 0 Å². The lowest BCUT2D eigenvalue weighted by molar-refractivity contribution is 0.316. The van der Waals surface area contributed by atoms with Crippen molar-refractivity contribution in [3.8, 4) is 5.75 Å². The van der Waals surface area contributed by atoms with Gasteiger partial charge in [0, 0.05) is 6.04 Å². The van der Waals surface area contributed by atoms with Crippen LogP contribution in [0, 0.1) is 5.92 Å². The van der Waals surface area contributed by atoms with E-state index < -0.39 is 0 Å². The third-order valence-corrected chi connectivity index (χ3v) is 2.97. The Morgan fingerprint density at radius 2 is 2.06 bits per heavy atom. The molecule has 0 aromatic heterocycles. The van der Waals surface area contributed by atoms with Crippen LogP contribution in [0.4, 0.5) is 0 Å². The molecule has 0 aliphatic heterocycles. The van der Waals surface area contributed by atoms with Crippen LogP contribution in [0.3, 0.4) is 0 Å². The monoisotopic (exact) mass is 250 g/mol. The largest absolute Gasteiger partial charge is 0.494 e. The summed E-state index contributed by atoms with van der Waals surface area (Å²) in [7, 11) is 0. The van der Waals surface area contributed by atoms with Crippen molar-refractivity contribution in [3.05, 3.63) is 29.8 Å². The van der Waals surface area contributed by atoms with Crippen molar-refractivity contribution in [1.29, 1.82) is 0 Å². The summed E-state index contributed by atoms with van der Waals surface area (Å²) >= 11 is 0. The highest BCUT2D eigenvalue weighted by Crippen LogP contribution is 2.23. The number of nitrogens with two attached hydrogens (primary N) is 1. The Bertz CT molecular complexity index is 339. The zero-order chi connectivity index (χ0) is 13.4. The summed E-state index contributed by atoms with van der Waals surface area (Å²) in [4.78, 5) is 0. The van der Waals surface area contributed by atoms with Gasteiger partial charge in [-0.2, -0.15) is 0 Å². The first kappa shape index (κ1) is 15.0. The van der Waals surface area contributed by atoms with Crippen LogP contribution in [-0.2, 0) is 0 Å². The smallest absolute Gasteiger partial charge is 0.119 e. The molecule has 0 fully saturated rings. The van der Waals surface area contributed by atoms with E-state index in [2.05, 4.69) is 38.3 Å². The van der Waals surface area contributed by atoms with Crippen molar-refractivity contribution >= 4 is 0 Å². The number of ether oxygens (including phenoxy) is 1. The molecule has 102 valence electrons. The van der Waals surface area contributed by atoms with Crippen LogP contribution in [0.15, 0.2) is 24.3 Å². The van der Waals surface area contributed by atoms with Crippen molar-refractivity contribution in [3.63, 3.8) is 0 Å². The van der Waals surface area contributed by atoms with Gasteiger partial charge in [0.1, 0.15) is 5.75 Å². The maximum atomic E-state index is 5.65. The van der Waals surface area contributed by atoms with E-state index in [0.29, 0.717) is 5.92 Å². The average Bonchev–Trinajstić information content (AvgIpc) is 2.37. The third-order valence-electron chi connectivity index (χ3n) is 2.97. The van der Waals surface area contributed by atoms with Gasteiger partial charge in [-0.05, 0) is 42.9 Å². The molecule has 1 atom stereocenters. The molecule has 0 saturated heterocycles. The number of hydrogen-bond acceptors (Lipinski definition) is 3. The molecule has 1 aromatic rings. The molecule has 3 nitrogen and oxygen atoms in total. The van der Waals surface area contributed by atoms with Crippen LogP contribution in [0.2, 0.25) is 0 Å². The van der Waals surface area contributed by atoms with Crippen LogP contribution in [0.5, 0.6) is 5.75 Å². The fourth-order valence-corrected chi connectivity index (χ4v) is 1.89. The molecule has 1 aromatic carbocycles. The molecule has 3 N–H and O–H groups in total. The minimum Gasteiger partial charge on any atom is -0.494 e. The van der Waals surface area contributed by atoms with E-state index in [0.717, 1.165) is 31.6 Å². The van der Waals surface area contributed by atoms with Gasteiger partial charge in [-0.1, -0.05) is 32.9 Å². The number of hydrazine groups is 1. The van der Waals surface area contributed by atoms with Crippen LogP contribution in [0.25, 0.3) is 0 Å². The summed E-state index contributed by atoms with van der Waals surface area (Å²) in [6, 6.07) is 8.41. The van der Waals surface area contributed by atoms with Gasteiger partial charge in [-0.3, -0.25) is 11.3 Å². The quantitative estimate of drug-likeness (QED) is 0.549. The molecule has 3 heteroatoms. The van der Waals surface area contributed by atoms with Crippen molar-refractivity contribution < 1.29 is 4.74 Å². The molecular weight excluding hydrogens is 224 g/mol. The summed E-state index contributed by atoms with van der Waals surface area (Å²) in [5.74, 6) is 7.27. The molecule has 0 saturated carbocycles. The second kappa shape index (κ2) is 8.11. The number of nitrogens with one attached hydrogen (secondary N) is 1. The van der Waals surface area contributed by atoms with Gasteiger partial charge in [-0.15, -0.1) is 0 Å². The minimum atomic E-state index is 0.206. The molecule has 0 spiro atoms. The van der Waals surface area contributed by atoms with Crippen molar-refractivity contribution in [1.82, 2.24) is 5.43 Å². The Morgan fingerprint density at radius 3 is 2.67 bits per heavy atom. The van der Waals surface area contributed by atoms with E-state index >= 15 is 0 Å². The van der Waals surface area contributed by atoms with Crippen molar-refractivity contribution in [2.75, 3.05) is 6.61 Å². The molecule has 0 heterocycles. The highest BCUT2D eigenvalue weighted by Gasteiger charge is 2.11. The lowest BCUT2D eigenvalue weighted by Crippen LogP contribution is -2.28. The van der Waals surface area contributed by atoms with E-state index in [1.807, 2.05) is 12.1 Å². The summed E-state index contributed by atoms with van der Waals surface area (Å²) in [6.45, 7) is 7.33. The van der Waals surface area contributed by atoms with E-state index in [1.54, 1.807) is 0 Å². The first-order valence-electron chi connectivity index (χ1n) is 6.86. The lowest BCUT2D eigenvalue weighted by atomic mass is 9.98. The Morgan fingerprint density at radius 1 is 1.28 bits per heavy atom. The van der Waals surface area contributed by atoms with Crippen molar-refractivity contribution in [2.24, 2.45) is 11.8 Å². The minimum absolute atomic E-state index is 0.206. The standard InChI is InChI=1S/C15H26N2O/c1-4-10-18-14-7-5-6-13(11-14)15(17-16)9-8-12(2)3/h5-7,11-12,15,17H,4,8-10,16H2,1-3H3. The molecule has 0 aliphatic rings. The number of benzene rings is 1. The Balaban J connectivity index is 2.66. The zero-order valence-electron chi connectivity index (χ0n) is 11.8. The zero-order valence-corrected chi connectivity index (χ0v) is 11.8. The molecule has 0 radical (unpaired) electrons. The van der Waals surface area contributed by atoms with Gasteiger partial charge >= 0.3 is 0 Å². The van der Waals surface area contributed by atoms with Crippen LogP contribution < -0.4 is 16.0 Å². The predicted molar refractivity (Wildman–Crippen MR) is 76.4 cm³/mol. The van der Waals surface area contributed by atoms with Crippen LogP contribution in [0.1, 0.15) is 51.6 Å². The van der Waals surface area contributed by atoms with E-state index in [9.17, 15) is 0 Å². The first-order valence-corrected chi connectivity index (χ1v) is 6.86. The number of rotatable bonds is 8. The third kappa shape index (κ3) is 5.07. The fraction of sp³-hybridized carbons (Fsp3) is 0.600. The SMILES string of the molecule is CCCOc1cccc(C(CCC(C)C)NN)c1. The van der Waals surface area contributed by atoms with Gasteiger partial charge in [0.25, 0.3) is 0 Å². The van der Waals surface area contributed by atoms with E-state index in [4.69, 9.17) is 10.6 Å². The normalized spacial score (nSPS) is 12.7. The van der Waals surface area contributed by atoms with Gasteiger partial charge in [-0.25, -0.2) is 0 Å². The molecule has 18 heavy (non-hydrogen) atoms. The highest BCUT2D eigenvalue weighted by atomic mass is 16.5. The summed E-state index contributed by atoms with van der Waals surface area (Å²) in [5, 5.41) is 0. The van der Waals surface area contributed by atoms with E-state index in [1.165, 1.54) is 5.56 Å². The molecule has 0 bridgehead atoms. The number of hydrogen-bond donors (Lipinski definition) is 2. The second-order valence-electron chi connectivity index (χ2n) is 5.11. The maximum absolute atomic E-state index is 5.65. The lowest BCUT2D eigenvalue weighted by Gasteiger charge is -2.18. The topological polar surface area (TPSA) is 47.3 Å². The second-order valence-corrected chi connectivity index (χ2v) is 5.11. The molecule has 0 aliphatic carbocycles. The Kier molecular flexibility index (Phi) is 6.76. The summed E-state index contributed by atoms with van der Waals surface area (Å²) in [5.41, 5.74) is 4.10. The van der Waals surface area contributed by atoms with Gasteiger partial charge in [0.05, 0.1) is 6.61 Å². The maximum Gasteiger partial charge on any atom is 0.119 e. The highest BCUT2D eigenvalue weighted by molar-refractivity contribution is 5.30. The molecular formula is C15H26N2O. The van der Waals surface area contributed by atoms with Gasteiger partial charge in [0.15, 0.2) is 0 Å². The van der Waals surface area contributed by atoms with E-state index in [-0.39, 0.29) is 6.04 Å². The fourth-order valence-electron chi connectivity index (χ4n) is 1.89. The summed E-state index contributed by atoms with van der Waals surface area (Å²) in [6.07, 6.45) is 3.23. The molecule has 0 amide bonds. The Labute approximate surface area is 111 Å². The van der Waals surface area contributed by atoms with Gasteiger partial charge in [0.2, 0.25) is 0 Å². The van der Waals surface area contributed by atoms with Crippen LogP contribution in [-0.4, -0.2) is 6.61 Å². The first-order chi connectivity index (χ1) is 8.67. The average molecular weight is 250 g/mol. The van der Waals surface area contributed by atoms with Crippen molar-refractivity contribution in [2.45, 2.75) is 46.1 Å². The molecule has 1 rings (SSSR count). The van der Waals surface area contributed by atoms with Gasteiger partial charge < -0.3 is 4.74 Å². The predicted octanol–water partition coefficient (Wildman–Crippen LogP) is 3.42. The molecule has 1 unspecified atom stereocenters.